The van der Waals surface area contributed by atoms with Gasteiger partial charge in [0.15, 0.2) is 0 Å². The lowest BCUT2D eigenvalue weighted by Gasteiger charge is -2.33. The number of amides is 2. The van der Waals surface area contributed by atoms with Crippen LogP contribution in [0.15, 0.2) is 77.7 Å². The molecule has 0 radical (unpaired) electrons. The van der Waals surface area contributed by atoms with E-state index in [0.29, 0.717) is 15.6 Å². The summed E-state index contributed by atoms with van der Waals surface area (Å²) in [5.74, 6) is -1.04. The van der Waals surface area contributed by atoms with Crippen molar-refractivity contribution in [3.05, 3.63) is 93.4 Å². The second kappa shape index (κ2) is 12.6. The van der Waals surface area contributed by atoms with Crippen molar-refractivity contribution in [3.8, 4) is 0 Å². The van der Waals surface area contributed by atoms with E-state index in [1.54, 1.807) is 55.5 Å². The van der Waals surface area contributed by atoms with Crippen molar-refractivity contribution in [2.75, 3.05) is 17.9 Å². The van der Waals surface area contributed by atoms with Gasteiger partial charge in [0.25, 0.3) is 10.0 Å². The molecule has 11 heteroatoms. The van der Waals surface area contributed by atoms with E-state index in [-0.39, 0.29) is 28.6 Å². The van der Waals surface area contributed by atoms with E-state index in [1.165, 1.54) is 36.2 Å². The van der Waals surface area contributed by atoms with Gasteiger partial charge in [0.2, 0.25) is 11.8 Å². The fraction of sp³-hybridized carbons (Fsp3) is 0.231. The van der Waals surface area contributed by atoms with Crippen LogP contribution in [-0.4, -0.2) is 44.8 Å². The zero-order valence-electron chi connectivity index (χ0n) is 20.2. The van der Waals surface area contributed by atoms with Gasteiger partial charge in [0.05, 0.1) is 15.6 Å². The molecule has 0 unspecified atom stereocenters. The third-order valence-electron chi connectivity index (χ3n) is 5.75. The maximum absolute atomic E-state index is 13.9. The van der Waals surface area contributed by atoms with E-state index in [2.05, 4.69) is 5.32 Å². The molecule has 0 aliphatic carbocycles. The summed E-state index contributed by atoms with van der Waals surface area (Å²) in [6.45, 7) is 1.03. The van der Waals surface area contributed by atoms with Crippen LogP contribution >= 0.6 is 34.8 Å². The Morgan fingerprint density at radius 1 is 0.865 bits per heavy atom. The first-order chi connectivity index (χ1) is 17.6. The molecule has 0 spiro atoms. The molecule has 0 aromatic heterocycles. The van der Waals surface area contributed by atoms with Crippen LogP contribution in [0.3, 0.4) is 0 Å². The average Bonchev–Trinajstić information content (AvgIpc) is 2.89. The molecule has 0 aliphatic heterocycles. The molecule has 0 heterocycles. The molecule has 37 heavy (non-hydrogen) atoms. The van der Waals surface area contributed by atoms with Crippen molar-refractivity contribution in [1.29, 1.82) is 0 Å². The summed E-state index contributed by atoms with van der Waals surface area (Å²) < 4.78 is 28.4. The predicted octanol–water partition coefficient (Wildman–Crippen LogP) is 5.40. The summed E-state index contributed by atoms with van der Waals surface area (Å²) >= 11 is 19.1. The number of benzene rings is 3. The van der Waals surface area contributed by atoms with Gasteiger partial charge in [-0.3, -0.25) is 13.9 Å². The van der Waals surface area contributed by atoms with E-state index in [9.17, 15) is 18.0 Å². The summed E-state index contributed by atoms with van der Waals surface area (Å²) in [4.78, 5) is 27.9. The highest BCUT2D eigenvalue weighted by Crippen LogP contribution is 2.31. The molecule has 0 saturated heterocycles. The number of sulfonamides is 1. The van der Waals surface area contributed by atoms with Crippen molar-refractivity contribution in [2.24, 2.45) is 0 Å². The molecule has 3 rings (SSSR count). The van der Waals surface area contributed by atoms with Crippen LogP contribution in [0, 0.1) is 0 Å². The molecule has 1 N–H and O–H groups in total. The molecule has 0 saturated carbocycles. The summed E-state index contributed by atoms with van der Waals surface area (Å²) in [5, 5.41) is 3.35. The Labute approximate surface area is 232 Å². The molecule has 3 aromatic carbocycles. The van der Waals surface area contributed by atoms with Gasteiger partial charge >= 0.3 is 0 Å². The maximum atomic E-state index is 13.9. The number of carbonyl (C=O) groups excluding carboxylic acids is 2. The first kappa shape index (κ1) is 28.8. The van der Waals surface area contributed by atoms with Gasteiger partial charge < -0.3 is 10.2 Å². The van der Waals surface area contributed by atoms with Gasteiger partial charge in [0, 0.05) is 29.2 Å². The molecule has 3 aromatic rings. The SMILES string of the molecule is CC[C@@H](C(=O)NC)N(Cc1c(Cl)cccc1Cl)C(=O)CN(c1ccccc1Cl)S(=O)(=O)c1ccccc1. The molecule has 0 aliphatic rings. The molecule has 0 bridgehead atoms. The number of carbonyl (C=O) groups is 2. The standard InChI is InChI=1S/C26H26Cl3N3O4S/c1-3-23(26(34)30-2)31(16-19-20(27)13-9-14-21(19)28)25(33)17-32(24-15-8-7-12-22(24)29)37(35,36)18-10-5-4-6-11-18/h4-15,23H,3,16-17H2,1-2H3,(H,30,34)/t23-/m0/s1. The number of anilines is 1. The normalized spacial score (nSPS) is 12.0. The third-order valence-corrected chi connectivity index (χ3v) is 8.56. The quantitative estimate of drug-likeness (QED) is 0.347. The van der Waals surface area contributed by atoms with Crippen LogP contribution in [0.5, 0.6) is 0 Å². The van der Waals surface area contributed by atoms with Gasteiger partial charge in [-0.25, -0.2) is 8.42 Å². The molecule has 2 amide bonds. The summed E-state index contributed by atoms with van der Waals surface area (Å²) in [6, 6.07) is 18.1. The van der Waals surface area contributed by atoms with Crippen molar-refractivity contribution in [1.82, 2.24) is 10.2 Å². The Morgan fingerprint density at radius 2 is 1.43 bits per heavy atom. The number of hydrogen-bond acceptors (Lipinski definition) is 4. The summed E-state index contributed by atoms with van der Waals surface area (Å²) in [5.41, 5.74) is 0.571. The number of hydrogen-bond donors (Lipinski definition) is 1. The number of nitrogens with zero attached hydrogens (tertiary/aromatic N) is 2. The number of halogens is 3. The second-order valence-corrected chi connectivity index (χ2v) is 11.1. The molecular weight excluding hydrogens is 557 g/mol. The topological polar surface area (TPSA) is 86.8 Å². The van der Waals surface area contributed by atoms with Gasteiger partial charge in [-0.1, -0.05) is 78.1 Å². The van der Waals surface area contributed by atoms with Crippen molar-refractivity contribution in [2.45, 2.75) is 30.8 Å². The number of para-hydroxylation sites is 1. The molecule has 1 atom stereocenters. The Morgan fingerprint density at radius 3 is 2.00 bits per heavy atom. The van der Waals surface area contributed by atoms with Crippen molar-refractivity contribution < 1.29 is 18.0 Å². The highest BCUT2D eigenvalue weighted by molar-refractivity contribution is 7.92. The molecule has 196 valence electrons. The number of likely N-dealkylation sites (N-methyl/N-ethyl adjacent to an activating group) is 1. The van der Waals surface area contributed by atoms with E-state index in [1.807, 2.05) is 0 Å². The lowest BCUT2D eigenvalue weighted by atomic mass is 10.1. The molecule has 7 nitrogen and oxygen atoms in total. The fourth-order valence-corrected chi connectivity index (χ4v) is 6.09. The van der Waals surface area contributed by atoms with Crippen LogP contribution in [-0.2, 0) is 26.2 Å². The van der Waals surface area contributed by atoms with Gasteiger partial charge in [-0.2, -0.15) is 0 Å². The van der Waals surface area contributed by atoms with Crippen LogP contribution in [0.25, 0.3) is 0 Å². The van der Waals surface area contributed by atoms with Gasteiger partial charge in [0.1, 0.15) is 12.6 Å². The van der Waals surface area contributed by atoms with Crippen molar-refractivity contribution >= 4 is 62.3 Å². The number of nitrogens with one attached hydrogen (secondary N) is 1. The Bertz CT molecular complexity index is 1350. The Kier molecular flexibility index (Phi) is 9.84. The Balaban J connectivity index is 2.10. The second-order valence-electron chi connectivity index (χ2n) is 8.04. The summed E-state index contributed by atoms with van der Waals surface area (Å²) in [6.07, 6.45) is 0.269. The van der Waals surface area contributed by atoms with Crippen LogP contribution in [0.1, 0.15) is 18.9 Å². The van der Waals surface area contributed by atoms with Crippen LogP contribution in [0.4, 0.5) is 5.69 Å². The van der Waals surface area contributed by atoms with Crippen LogP contribution < -0.4 is 9.62 Å². The highest BCUT2D eigenvalue weighted by Gasteiger charge is 2.34. The smallest absolute Gasteiger partial charge is 0.264 e. The zero-order valence-corrected chi connectivity index (χ0v) is 23.3. The van der Waals surface area contributed by atoms with Crippen molar-refractivity contribution in [3.63, 3.8) is 0 Å². The third kappa shape index (κ3) is 6.57. The largest absolute Gasteiger partial charge is 0.357 e. The van der Waals surface area contributed by atoms with Crippen LogP contribution in [0.2, 0.25) is 15.1 Å². The summed E-state index contributed by atoms with van der Waals surface area (Å²) in [7, 11) is -2.74. The molecule has 0 fully saturated rings. The minimum Gasteiger partial charge on any atom is -0.357 e. The van der Waals surface area contributed by atoms with E-state index in [0.717, 1.165) is 4.31 Å². The lowest BCUT2D eigenvalue weighted by Crippen LogP contribution is -2.51. The predicted molar refractivity (Wildman–Crippen MR) is 148 cm³/mol. The maximum Gasteiger partial charge on any atom is 0.264 e. The highest BCUT2D eigenvalue weighted by atomic mass is 35.5. The van der Waals surface area contributed by atoms with E-state index < -0.39 is 34.4 Å². The first-order valence-electron chi connectivity index (χ1n) is 11.4. The fourth-order valence-electron chi connectivity index (χ4n) is 3.83. The van der Waals surface area contributed by atoms with Gasteiger partial charge in [-0.05, 0) is 42.8 Å². The Hall–Kier alpha value is -2.78. The minimum atomic E-state index is -4.20. The average molecular weight is 583 g/mol. The lowest BCUT2D eigenvalue weighted by molar-refractivity contribution is -0.140. The van der Waals surface area contributed by atoms with Gasteiger partial charge in [-0.15, -0.1) is 0 Å². The monoisotopic (exact) mass is 581 g/mol. The first-order valence-corrected chi connectivity index (χ1v) is 14.0. The number of rotatable bonds is 10. The van der Waals surface area contributed by atoms with E-state index >= 15 is 0 Å². The van der Waals surface area contributed by atoms with E-state index in [4.69, 9.17) is 34.8 Å². The zero-order chi connectivity index (χ0) is 27.2. The molecular formula is C26H26Cl3N3O4S. The minimum absolute atomic E-state index is 0.0123.